The standard InChI is InChI=1S/C22H28N2O2S/c1-16-5-7-17(8-6-16)15-27-14-13-23-20(25)18-9-11-19(12-10-18)21(26)24-22(2,3)4/h5-12H,13-15H2,1-4H3,(H,23,25)(H,24,26). The van der Waals surface area contributed by atoms with Crippen LogP contribution < -0.4 is 10.6 Å². The van der Waals surface area contributed by atoms with E-state index in [2.05, 4.69) is 41.8 Å². The molecule has 0 spiro atoms. The lowest BCUT2D eigenvalue weighted by atomic mass is 10.1. The molecule has 0 saturated carbocycles. The summed E-state index contributed by atoms with van der Waals surface area (Å²) in [5.74, 6) is 1.54. The van der Waals surface area contributed by atoms with Crippen molar-refractivity contribution in [3.8, 4) is 0 Å². The smallest absolute Gasteiger partial charge is 0.251 e. The molecule has 0 bridgehead atoms. The number of carbonyl (C=O) groups is 2. The molecule has 5 heteroatoms. The van der Waals surface area contributed by atoms with Crippen molar-refractivity contribution < 1.29 is 9.59 Å². The summed E-state index contributed by atoms with van der Waals surface area (Å²) < 4.78 is 0. The summed E-state index contributed by atoms with van der Waals surface area (Å²) in [6.45, 7) is 8.49. The normalized spacial score (nSPS) is 11.1. The summed E-state index contributed by atoms with van der Waals surface area (Å²) in [5.41, 5.74) is 3.38. The Morgan fingerprint density at radius 1 is 0.889 bits per heavy atom. The largest absolute Gasteiger partial charge is 0.351 e. The molecule has 0 aliphatic carbocycles. The number of rotatable bonds is 7. The van der Waals surface area contributed by atoms with E-state index in [9.17, 15) is 9.59 Å². The van der Waals surface area contributed by atoms with Gasteiger partial charge in [-0.05, 0) is 57.5 Å². The van der Waals surface area contributed by atoms with Crippen molar-refractivity contribution in [2.75, 3.05) is 12.3 Å². The summed E-state index contributed by atoms with van der Waals surface area (Å²) in [7, 11) is 0. The molecule has 0 heterocycles. The van der Waals surface area contributed by atoms with Crippen molar-refractivity contribution >= 4 is 23.6 Å². The average Bonchev–Trinajstić information content (AvgIpc) is 2.61. The predicted molar refractivity (Wildman–Crippen MR) is 113 cm³/mol. The van der Waals surface area contributed by atoms with Crippen molar-refractivity contribution in [3.63, 3.8) is 0 Å². The van der Waals surface area contributed by atoms with Crippen LogP contribution >= 0.6 is 11.8 Å². The van der Waals surface area contributed by atoms with E-state index in [1.165, 1.54) is 11.1 Å². The maximum absolute atomic E-state index is 12.2. The van der Waals surface area contributed by atoms with E-state index in [-0.39, 0.29) is 17.4 Å². The van der Waals surface area contributed by atoms with Crippen LogP contribution in [0.25, 0.3) is 0 Å². The molecule has 0 radical (unpaired) electrons. The molecule has 144 valence electrons. The van der Waals surface area contributed by atoms with Gasteiger partial charge in [0.1, 0.15) is 0 Å². The maximum atomic E-state index is 12.2. The molecular formula is C22H28N2O2S. The molecule has 4 nitrogen and oxygen atoms in total. The van der Waals surface area contributed by atoms with Crippen molar-refractivity contribution in [1.29, 1.82) is 0 Å². The first-order valence-corrected chi connectivity index (χ1v) is 10.2. The van der Waals surface area contributed by atoms with E-state index in [1.807, 2.05) is 20.8 Å². The van der Waals surface area contributed by atoms with Crippen LogP contribution in [0.3, 0.4) is 0 Å². The third-order valence-corrected chi connectivity index (χ3v) is 4.85. The van der Waals surface area contributed by atoms with Gasteiger partial charge in [0.15, 0.2) is 0 Å². The first-order valence-electron chi connectivity index (χ1n) is 9.09. The number of hydrogen-bond donors (Lipinski definition) is 2. The molecule has 0 aromatic heterocycles. The Labute approximate surface area is 166 Å². The monoisotopic (exact) mass is 384 g/mol. The Morgan fingerprint density at radius 3 is 2.00 bits per heavy atom. The molecule has 0 unspecified atom stereocenters. The highest BCUT2D eigenvalue weighted by molar-refractivity contribution is 7.98. The number of thioether (sulfide) groups is 1. The molecule has 2 rings (SSSR count). The zero-order valence-corrected chi connectivity index (χ0v) is 17.3. The van der Waals surface area contributed by atoms with Crippen LogP contribution in [0.2, 0.25) is 0 Å². The van der Waals surface area contributed by atoms with Gasteiger partial charge >= 0.3 is 0 Å². The summed E-state index contributed by atoms with van der Waals surface area (Å²) in [5, 5.41) is 5.83. The van der Waals surface area contributed by atoms with Gasteiger partial charge in [-0.3, -0.25) is 9.59 Å². The number of aryl methyl sites for hydroxylation is 1. The molecule has 2 N–H and O–H groups in total. The van der Waals surface area contributed by atoms with E-state index in [4.69, 9.17) is 0 Å². The maximum Gasteiger partial charge on any atom is 0.251 e. The molecule has 2 amide bonds. The lowest BCUT2D eigenvalue weighted by Crippen LogP contribution is -2.40. The number of benzene rings is 2. The second-order valence-corrected chi connectivity index (χ2v) is 8.68. The fourth-order valence-electron chi connectivity index (χ4n) is 2.40. The van der Waals surface area contributed by atoms with Crippen molar-refractivity contribution in [1.82, 2.24) is 10.6 Å². The van der Waals surface area contributed by atoms with Crippen LogP contribution in [0, 0.1) is 6.92 Å². The number of hydrogen-bond acceptors (Lipinski definition) is 3. The highest BCUT2D eigenvalue weighted by Crippen LogP contribution is 2.12. The molecule has 0 aliphatic rings. The van der Waals surface area contributed by atoms with Gasteiger partial charge in [0.2, 0.25) is 0 Å². The number of amides is 2. The number of nitrogens with one attached hydrogen (secondary N) is 2. The van der Waals surface area contributed by atoms with Gasteiger partial charge in [0, 0.05) is 34.7 Å². The zero-order chi connectivity index (χ0) is 19.9. The molecule has 2 aromatic carbocycles. The van der Waals surface area contributed by atoms with Crippen LogP contribution in [0.4, 0.5) is 0 Å². The van der Waals surface area contributed by atoms with E-state index >= 15 is 0 Å². The van der Waals surface area contributed by atoms with Crippen LogP contribution in [0.1, 0.15) is 52.6 Å². The molecule has 0 atom stereocenters. The van der Waals surface area contributed by atoms with Gasteiger partial charge < -0.3 is 10.6 Å². The Bertz CT molecular complexity index is 762. The fraction of sp³-hybridized carbons (Fsp3) is 0.364. The molecule has 0 saturated heterocycles. The average molecular weight is 385 g/mol. The van der Waals surface area contributed by atoms with Gasteiger partial charge in [-0.1, -0.05) is 29.8 Å². The van der Waals surface area contributed by atoms with E-state index in [0.29, 0.717) is 17.7 Å². The van der Waals surface area contributed by atoms with Crippen molar-refractivity contribution in [2.45, 2.75) is 39.0 Å². The number of carbonyl (C=O) groups excluding carboxylic acids is 2. The molecule has 2 aromatic rings. The van der Waals surface area contributed by atoms with Crippen LogP contribution in [0.15, 0.2) is 48.5 Å². The van der Waals surface area contributed by atoms with Gasteiger partial charge in [-0.2, -0.15) is 11.8 Å². The summed E-state index contributed by atoms with van der Waals surface area (Å²) in [4.78, 5) is 24.3. The SMILES string of the molecule is Cc1ccc(CSCCNC(=O)c2ccc(C(=O)NC(C)(C)C)cc2)cc1. The summed E-state index contributed by atoms with van der Waals surface area (Å²) >= 11 is 1.79. The minimum atomic E-state index is -0.288. The van der Waals surface area contributed by atoms with Crippen LogP contribution in [-0.4, -0.2) is 29.7 Å². The predicted octanol–water partition coefficient (Wildman–Crippen LogP) is 4.19. The zero-order valence-electron chi connectivity index (χ0n) is 16.5. The quantitative estimate of drug-likeness (QED) is 0.704. The highest BCUT2D eigenvalue weighted by Gasteiger charge is 2.15. The van der Waals surface area contributed by atoms with Gasteiger partial charge in [-0.15, -0.1) is 0 Å². The topological polar surface area (TPSA) is 58.2 Å². The van der Waals surface area contributed by atoms with Crippen molar-refractivity contribution in [3.05, 3.63) is 70.8 Å². The molecule has 0 aliphatic heterocycles. The van der Waals surface area contributed by atoms with E-state index in [0.717, 1.165) is 11.5 Å². The minimum Gasteiger partial charge on any atom is -0.351 e. The third kappa shape index (κ3) is 7.47. The Hall–Kier alpha value is -2.27. The van der Waals surface area contributed by atoms with E-state index in [1.54, 1.807) is 36.0 Å². The fourth-order valence-corrected chi connectivity index (χ4v) is 3.22. The molecule has 0 fully saturated rings. The summed E-state index contributed by atoms with van der Waals surface area (Å²) in [6.07, 6.45) is 0. The second kappa shape index (κ2) is 9.60. The van der Waals surface area contributed by atoms with Crippen LogP contribution in [-0.2, 0) is 5.75 Å². The first-order chi connectivity index (χ1) is 12.7. The third-order valence-electron chi connectivity index (χ3n) is 3.82. The first kappa shape index (κ1) is 21.0. The van der Waals surface area contributed by atoms with Gasteiger partial charge in [-0.25, -0.2) is 0 Å². The Balaban J connectivity index is 1.74. The second-order valence-electron chi connectivity index (χ2n) is 7.58. The Morgan fingerprint density at radius 2 is 1.44 bits per heavy atom. The minimum absolute atomic E-state index is 0.117. The van der Waals surface area contributed by atoms with Crippen molar-refractivity contribution in [2.24, 2.45) is 0 Å². The van der Waals surface area contributed by atoms with E-state index < -0.39 is 0 Å². The van der Waals surface area contributed by atoms with Gasteiger partial charge in [0.25, 0.3) is 11.8 Å². The lowest BCUT2D eigenvalue weighted by molar-refractivity contribution is 0.0915. The van der Waals surface area contributed by atoms with Crippen LogP contribution in [0.5, 0.6) is 0 Å². The summed E-state index contributed by atoms with van der Waals surface area (Å²) in [6, 6.07) is 15.2. The highest BCUT2D eigenvalue weighted by atomic mass is 32.2. The molecular weight excluding hydrogens is 356 g/mol. The molecule has 27 heavy (non-hydrogen) atoms. The Kier molecular flexibility index (Phi) is 7.48. The van der Waals surface area contributed by atoms with Gasteiger partial charge in [0.05, 0.1) is 0 Å². The lowest BCUT2D eigenvalue weighted by Gasteiger charge is -2.20.